The zero-order valence-corrected chi connectivity index (χ0v) is 9.31. The minimum Gasteiger partial charge on any atom is -0.469 e. The van der Waals surface area contributed by atoms with Crippen LogP contribution in [-0.4, -0.2) is 25.7 Å². The molecule has 0 aromatic heterocycles. The van der Waals surface area contributed by atoms with Crippen LogP contribution in [0.4, 0.5) is 0 Å². The lowest BCUT2D eigenvalue weighted by atomic mass is 9.79. The molecule has 3 unspecified atom stereocenters. The Labute approximate surface area is 91.0 Å². The number of methoxy groups -OCH3 is 1. The van der Waals surface area contributed by atoms with Gasteiger partial charge in [-0.1, -0.05) is 0 Å². The van der Waals surface area contributed by atoms with Gasteiger partial charge >= 0.3 is 5.97 Å². The Bertz CT molecular complexity index is 210. The van der Waals surface area contributed by atoms with E-state index in [1.165, 1.54) is 20.0 Å². The van der Waals surface area contributed by atoms with Crippen molar-refractivity contribution in [1.29, 1.82) is 0 Å². The highest BCUT2D eigenvalue weighted by Crippen LogP contribution is 2.34. The van der Waals surface area contributed by atoms with Crippen molar-refractivity contribution in [3.05, 3.63) is 0 Å². The molecule has 14 heavy (non-hydrogen) atoms. The third-order valence-electron chi connectivity index (χ3n) is 3.45. The van der Waals surface area contributed by atoms with E-state index < -0.39 is 0 Å². The number of rotatable bonds is 1. The molecule has 0 aromatic rings. The number of hydrogen-bond acceptors (Lipinski definition) is 3. The lowest BCUT2D eigenvalue weighted by Crippen LogP contribution is -2.36. The number of halogens is 1. The van der Waals surface area contributed by atoms with Crippen LogP contribution in [0.2, 0.25) is 0 Å². The number of esters is 1. The molecule has 2 fully saturated rings. The Morgan fingerprint density at radius 3 is 2.86 bits per heavy atom. The molecule has 3 nitrogen and oxygen atoms in total. The van der Waals surface area contributed by atoms with Gasteiger partial charge in [0.25, 0.3) is 0 Å². The van der Waals surface area contributed by atoms with E-state index >= 15 is 0 Å². The van der Waals surface area contributed by atoms with Crippen LogP contribution in [0.25, 0.3) is 0 Å². The van der Waals surface area contributed by atoms with Gasteiger partial charge in [-0.2, -0.15) is 0 Å². The van der Waals surface area contributed by atoms with Crippen LogP contribution in [0.3, 0.4) is 0 Å². The maximum Gasteiger partial charge on any atom is 0.308 e. The second kappa shape index (κ2) is 4.99. The van der Waals surface area contributed by atoms with Crippen molar-refractivity contribution >= 4 is 18.4 Å². The molecule has 0 bridgehead atoms. The van der Waals surface area contributed by atoms with Crippen LogP contribution < -0.4 is 5.32 Å². The van der Waals surface area contributed by atoms with Crippen LogP contribution in [-0.2, 0) is 9.53 Å². The van der Waals surface area contributed by atoms with E-state index in [2.05, 4.69) is 5.32 Å². The molecule has 2 aliphatic rings. The topological polar surface area (TPSA) is 38.3 Å². The summed E-state index contributed by atoms with van der Waals surface area (Å²) in [5, 5.41) is 3.46. The number of carbonyl (C=O) groups excluding carboxylic acids is 1. The molecule has 0 aromatic carbocycles. The molecule has 0 spiro atoms. The first-order valence-electron chi connectivity index (χ1n) is 5.12. The van der Waals surface area contributed by atoms with E-state index in [0.717, 1.165) is 25.3 Å². The van der Waals surface area contributed by atoms with Crippen molar-refractivity contribution in [2.45, 2.75) is 31.7 Å². The van der Waals surface area contributed by atoms with Crippen molar-refractivity contribution in [3.63, 3.8) is 0 Å². The van der Waals surface area contributed by atoms with E-state index in [9.17, 15) is 4.79 Å². The second-order valence-corrected chi connectivity index (χ2v) is 4.14. The van der Waals surface area contributed by atoms with E-state index in [4.69, 9.17) is 4.74 Å². The number of fused-ring (bicyclic) bond motifs is 1. The molecule has 1 saturated heterocycles. The molecule has 4 heteroatoms. The zero-order valence-electron chi connectivity index (χ0n) is 8.49. The summed E-state index contributed by atoms with van der Waals surface area (Å²) in [5.41, 5.74) is 0. The predicted octanol–water partition coefficient (Wildman–Crippen LogP) is 1.36. The molecule has 1 aliphatic carbocycles. The summed E-state index contributed by atoms with van der Waals surface area (Å²) in [6, 6.07) is 0.581. The van der Waals surface area contributed by atoms with Gasteiger partial charge in [-0.25, -0.2) is 0 Å². The summed E-state index contributed by atoms with van der Waals surface area (Å²) in [6.07, 6.45) is 4.49. The molecule has 1 N–H and O–H groups in total. The Kier molecular flexibility index (Phi) is 4.20. The quantitative estimate of drug-likeness (QED) is 0.677. The molecule has 0 radical (unpaired) electrons. The van der Waals surface area contributed by atoms with Gasteiger partial charge < -0.3 is 10.1 Å². The average molecular weight is 220 g/mol. The lowest BCUT2D eigenvalue weighted by molar-refractivity contribution is -0.147. The van der Waals surface area contributed by atoms with Gasteiger partial charge in [0.15, 0.2) is 0 Å². The summed E-state index contributed by atoms with van der Waals surface area (Å²) in [7, 11) is 1.48. The molecule has 82 valence electrons. The van der Waals surface area contributed by atoms with E-state index in [0.29, 0.717) is 6.04 Å². The SMILES string of the molecule is COC(=O)C1CCC2CCNC2C1.Cl. The van der Waals surface area contributed by atoms with E-state index in [1.54, 1.807) is 0 Å². The molecule has 0 amide bonds. The molecule has 1 saturated carbocycles. The fourth-order valence-electron chi connectivity index (χ4n) is 2.66. The molecule has 1 aliphatic heterocycles. The van der Waals surface area contributed by atoms with Crippen LogP contribution in [0, 0.1) is 11.8 Å². The lowest BCUT2D eigenvalue weighted by Gasteiger charge is -2.29. The van der Waals surface area contributed by atoms with Gasteiger partial charge in [0.05, 0.1) is 13.0 Å². The van der Waals surface area contributed by atoms with Crippen molar-refractivity contribution in [3.8, 4) is 0 Å². The molecular weight excluding hydrogens is 202 g/mol. The first-order chi connectivity index (χ1) is 6.31. The van der Waals surface area contributed by atoms with Crippen LogP contribution in [0.5, 0.6) is 0 Å². The Morgan fingerprint density at radius 1 is 1.36 bits per heavy atom. The maximum atomic E-state index is 11.3. The summed E-state index contributed by atoms with van der Waals surface area (Å²) >= 11 is 0. The molecule has 3 atom stereocenters. The second-order valence-electron chi connectivity index (χ2n) is 4.14. The van der Waals surface area contributed by atoms with Gasteiger partial charge in [-0.05, 0) is 38.1 Å². The maximum absolute atomic E-state index is 11.3. The van der Waals surface area contributed by atoms with Crippen molar-refractivity contribution in [2.24, 2.45) is 11.8 Å². The zero-order chi connectivity index (χ0) is 9.26. The minimum atomic E-state index is -0.0212. The Balaban J connectivity index is 0.000000980. The molecule has 1 heterocycles. The normalized spacial score (nSPS) is 35.6. The summed E-state index contributed by atoms with van der Waals surface area (Å²) in [5.74, 6) is 0.949. The highest BCUT2D eigenvalue weighted by atomic mass is 35.5. The first-order valence-corrected chi connectivity index (χ1v) is 5.12. The smallest absolute Gasteiger partial charge is 0.308 e. The highest BCUT2D eigenvalue weighted by Gasteiger charge is 2.36. The van der Waals surface area contributed by atoms with Gasteiger partial charge in [0, 0.05) is 6.04 Å². The van der Waals surface area contributed by atoms with Gasteiger partial charge in [0.2, 0.25) is 0 Å². The monoisotopic (exact) mass is 219 g/mol. The highest BCUT2D eigenvalue weighted by molar-refractivity contribution is 5.85. The fourth-order valence-corrected chi connectivity index (χ4v) is 2.66. The minimum absolute atomic E-state index is 0. The van der Waals surface area contributed by atoms with Gasteiger partial charge in [0.1, 0.15) is 0 Å². The van der Waals surface area contributed by atoms with E-state index in [1.807, 2.05) is 0 Å². The largest absolute Gasteiger partial charge is 0.469 e. The standard InChI is InChI=1S/C10H17NO2.ClH/c1-13-10(12)8-3-2-7-4-5-11-9(7)6-8;/h7-9,11H,2-6H2,1H3;1H. The van der Waals surface area contributed by atoms with Crippen LogP contribution in [0.15, 0.2) is 0 Å². The predicted molar refractivity (Wildman–Crippen MR) is 56.5 cm³/mol. The van der Waals surface area contributed by atoms with Crippen molar-refractivity contribution in [2.75, 3.05) is 13.7 Å². The number of ether oxygens (including phenoxy) is 1. The molecular formula is C10H18ClNO2. The molecule has 2 rings (SSSR count). The third-order valence-corrected chi connectivity index (χ3v) is 3.45. The van der Waals surface area contributed by atoms with Crippen LogP contribution in [0.1, 0.15) is 25.7 Å². The average Bonchev–Trinajstić information content (AvgIpc) is 2.63. The Morgan fingerprint density at radius 2 is 2.14 bits per heavy atom. The summed E-state index contributed by atoms with van der Waals surface area (Å²) in [4.78, 5) is 11.3. The summed E-state index contributed by atoms with van der Waals surface area (Å²) < 4.78 is 4.77. The van der Waals surface area contributed by atoms with Gasteiger partial charge in [-0.15, -0.1) is 12.4 Å². The number of carbonyl (C=O) groups is 1. The van der Waals surface area contributed by atoms with Gasteiger partial charge in [-0.3, -0.25) is 4.79 Å². The van der Waals surface area contributed by atoms with E-state index in [-0.39, 0.29) is 24.3 Å². The number of nitrogens with one attached hydrogen (secondary N) is 1. The Hall–Kier alpha value is -0.280. The summed E-state index contributed by atoms with van der Waals surface area (Å²) in [6.45, 7) is 1.13. The van der Waals surface area contributed by atoms with Crippen molar-refractivity contribution < 1.29 is 9.53 Å². The fraction of sp³-hybridized carbons (Fsp3) is 0.900. The third kappa shape index (κ3) is 2.20. The van der Waals surface area contributed by atoms with Crippen molar-refractivity contribution in [1.82, 2.24) is 5.32 Å². The number of hydrogen-bond donors (Lipinski definition) is 1. The first kappa shape index (κ1) is 11.8. The van der Waals surface area contributed by atoms with Crippen LogP contribution >= 0.6 is 12.4 Å².